The summed E-state index contributed by atoms with van der Waals surface area (Å²) in [5, 5.41) is 1.45. The van der Waals surface area contributed by atoms with Crippen molar-refractivity contribution in [2.24, 2.45) is 4.99 Å². The maximum absolute atomic E-state index is 11.4. The molecule has 1 saturated heterocycles. The number of piperazine rings is 1. The summed E-state index contributed by atoms with van der Waals surface area (Å²) in [6.45, 7) is 4.24. The van der Waals surface area contributed by atoms with Crippen LogP contribution in [0.1, 0.15) is 0 Å². The average Bonchev–Trinajstić information content (AvgIpc) is 2.50. The molecule has 0 spiro atoms. The normalized spacial score (nSPS) is 26.9. The van der Waals surface area contributed by atoms with E-state index in [0.717, 1.165) is 26.2 Å². The van der Waals surface area contributed by atoms with E-state index in [9.17, 15) is 8.42 Å². The summed E-state index contributed by atoms with van der Waals surface area (Å²) in [5.41, 5.74) is 0. The van der Waals surface area contributed by atoms with Crippen molar-refractivity contribution in [1.29, 1.82) is 0 Å². The Balaban J connectivity index is 1.94. The first-order valence-electron chi connectivity index (χ1n) is 4.97. The molecule has 0 saturated carbocycles. The van der Waals surface area contributed by atoms with E-state index >= 15 is 0 Å². The van der Waals surface area contributed by atoms with E-state index in [1.807, 2.05) is 0 Å². The van der Waals surface area contributed by atoms with Crippen molar-refractivity contribution in [2.75, 3.05) is 39.8 Å². The average molecular weight is 229 g/mol. The highest BCUT2D eigenvalue weighted by atomic mass is 32.2. The number of nitrogens with zero attached hydrogens (tertiary/aromatic N) is 3. The highest BCUT2D eigenvalue weighted by Crippen LogP contribution is 2.09. The fraction of sp³-hybridized carbons (Fsp3) is 0.667. The van der Waals surface area contributed by atoms with E-state index in [4.69, 9.17) is 0 Å². The van der Waals surface area contributed by atoms with E-state index in [0.29, 0.717) is 6.54 Å². The lowest BCUT2D eigenvalue weighted by Crippen LogP contribution is -2.46. The SMILES string of the molecule is CN1CCN(CC2=NC=CS2(=O)=O)CC1. The van der Waals surface area contributed by atoms with Crippen LogP contribution in [-0.2, 0) is 9.84 Å². The molecule has 0 amide bonds. The summed E-state index contributed by atoms with van der Waals surface area (Å²) in [7, 11) is -1.11. The summed E-state index contributed by atoms with van der Waals surface area (Å²) in [5.74, 6) is 0. The molecule has 0 aromatic rings. The number of sulfone groups is 1. The highest BCUT2D eigenvalue weighted by molar-refractivity contribution is 8.09. The van der Waals surface area contributed by atoms with Gasteiger partial charge in [0.15, 0.2) is 5.04 Å². The van der Waals surface area contributed by atoms with Crippen LogP contribution >= 0.6 is 0 Å². The molecule has 2 aliphatic rings. The first-order valence-corrected chi connectivity index (χ1v) is 6.52. The molecular formula is C9H15N3O2S. The van der Waals surface area contributed by atoms with Gasteiger partial charge in [-0.2, -0.15) is 0 Å². The summed E-state index contributed by atoms with van der Waals surface area (Å²) >= 11 is 0. The van der Waals surface area contributed by atoms with Crippen molar-refractivity contribution in [3.05, 3.63) is 11.6 Å². The zero-order valence-corrected chi connectivity index (χ0v) is 9.57. The van der Waals surface area contributed by atoms with Crippen LogP contribution in [-0.4, -0.2) is 63.0 Å². The van der Waals surface area contributed by atoms with Gasteiger partial charge in [-0.25, -0.2) is 13.4 Å². The van der Waals surface area contributed by atoms with Crippen LogP contribution in [0.3, 0.4) is 0 Å². The molecule has 1 fully saturated rings. The van der Waals surface area contributed by atoms with Gasteiger partial charge in [0.2, 0.25) is 9.84 Å². The Kier molecular flexibility index (Phi) is 2.90. The third-order valence-corrected chi connectivity index (χ3v) is 4.11. The van der Waals surface area contributed by atoms with E-state index in [2.05, 4.69) is 21.8 Å². The predicted molar refractivity (Wildman–Crippen MR) is 59.4 cm³/mol. The van der Waals surface area contributed by atoms with Crippen LogP contribution < -0.4 is 0 Å². The van der Waals surface area contributed by atoms with Crippen LogP contribution in [0.25, 0.3) is 0 Å². The molecule has 0 aromatic carbocycles. The van der Waals surface area contributed by atoms with Crippen molar-refractivity contribution < 1.29 is 8.42 Å². The van der Waals surface area contributed by atoms with Crippen molar-refractivity contribution in [3.63, 3.8) is 0 Å². The quantitative estimate of drug-likeness (QED) is 0.642. The van der Waals surface area contributed by atoms with Crippen LogP contribution in [0.4, 0.5) is 0 Å². The second kappa shape index (κ2) is 4.03. The maximum Gasteiger partial charge on any atom is 0.215 e. The largest absolute Gasteiger partial charge is 0.304 e. The number of hydrogen-bond acceptors (Lipinski definition) is 5. The summed E-state index contributed by atoms with van der Waals surface area (Å²) in [6.07, 6.45) is 1.36. The highest BCUT2D eigenvalue weighted by Gasteiger charge is 2.24. The fourth-order valence-corrected chi connectivity index (χ4v) is 2.62. The van der Waals surface area contributed by atoms with E-state index in [-0.39, 0.29) is 5.04 Å². The van der Waals surface area contributed by atoms with E-state index in [1.54, 1.807) is 0 Å². The van der Waals surface area contributed by atoms with Gasteiger partial charge in [0.05, 0.1) is 12.0 Å². The van der Waals surface area contributed by atoms with E-state index < -0.39 is 9.84 Å². The number of aliphatic imine (C=N–C) groups is 1. The Bertz CT molecular complexity index is 392. The van der Waals surface area contributed by atoms with Crippen LogP contribution in [0.2, 0.25) is 0 Å². The molecule has 0 unspecified atom stereocenters. The third kappa shape index (κ3) is 2.45. The van der Waals surface area contributed by atoms with Gasteiger partial charge in [-0.15, -0.1) is 0 Å². The summed E-state index contributed by atoms with van der Waals surface area (Å²) in [4.78, 5) is 8.26. The second-order valence-corrected chi connectivity index (χ2v) is 5.77. The van der Waals surface area contributed by atoms with Gasteiger partial charge >= 0.3 is 0 Å². The summed E-state index contributed by atoms with van der Waals surface area (Å²) in [6, 6.07) is 0. The molecule has 0 N–H and O–H groups in total. The summed E-state index contributed by atoms with van der Waals surface area (Å²) < 4.78 is 22.9. The Hall–Kier alpha value is -0.720. The molecule has 2 aliphatic heterocycles. The topological polar surface area (TPSA) is 53.0 Å². The van der Waals surface area contributed by atoms with Gasteiger partial charge < -0.3 is 4.90 Å². The number of hydrogen-bond donors (Lipinski definition) is 0. The Morgan fingerprint density at radius 1 is 1.33 bits per heavy atom. The Labute approximate surface area is 90.0 Å². The predicted octanol–water partition coefficient (Wildman–Crippen LogP) is -0.468. The minimum absolute atomic E-state index is 0.284. The molecule has 0 aliphatic carbocycles. The molecule has 0 radical (unpaired) electrons. The molecule has 2 rings (SSSR count). The lowest BCUT2D eigenvalue weighted by molar-refractivity contribution is 0.171. The third-order valence-electron chi connectivity index (χ3n) is 2.74. The van der Waals surface area contributed by atoms with Gasteiger partial charge in [-0.3, -0.25) is 4.90 Å². The minimum atomic E-state index is -3.19. The van der Waals surface area contributed by atoms with Gasteiger partial charge in [0, 0.05) is 32.4 Å². The van der Waals surface area contributed by atoms with E-state index in [1.165, 1.54) is 11.6 Å². The molecule has 15 heavy (non-hydrogen) atoms. The number of likely N-dealkylation sites (N-methyl/N-ethyl adjacent to an activating group) is 1. The Morgan fingerprint density at radius 3 is 2.53 bits per heavy atom. The molecule has 2 heterocycles. The zero-order valence-electron chi connectivity index (χ0n) is 8.76. The smallest absolute Gasteiger partial charge is 0.215 e. The van der Waals surface area contributed by atoms with Gasteiger partial charge in [0.25, 0.3) is 0 Å². The first kappa shape index (κ1) is 10.8. The molecule has 6 heteroatoms. The van der Waals surface area contributed by atoms with Crippen molar-refractivity contribution in [2.45, 2.75) is 0 Å². The second-order valence-electron chi connectivity index (χ2n) is 3.93. The molecule has 5 nitrogen and oxygen atoms in total. The lowest BCUT2D eigenvalue weighted by atomic mass is 10.3. The van der Waals surface area contributed by atoms with Gasteiger partial charge in [0.1, 0.15) is 0 Å². The van der Waals surface area contributed by atoms with Crippen molar-refractivity contribution >= 4 is 14.9 Å². The van der Waals surface area contributed by atoms with Crippen molar-refractivity contribution in [3.8, 4) is 0 Å². The van der Waals surface area contributed by atoms with Crippen molar-refractivity contribution in [1.82, 2.24) is 9.80 Å². The first-order chi connectivity index (χ1) is 7.08. The molecule has 0 bridgehead atoms. The lowest BCUT2D eigenvalue weighted by Gasteiger charge is -2.31. The molecule has 84 valence electrons. The molecule has 0 atom stereocenters. The molecular weight excluding hydrogens is 214 g/mol. The fourth-order valence-electron chi connectivity index (χ4n) is 1.67. The van der Waals surface area contributed by atoms with Crippen LogP contribution in [0.15, 0.2) is 16.6 Å². The zero-order chi connectivity index (χ0) is 10.9. The molecule has 0 aromatic heterocycles. The van der Waals surface area contributed by atoms with Crippen LogP contribution in [0.5, 0.6) is 0 Å². The minimum Gasteiger partial charge on any atom is -0.304 e. The van der Waals surface area contributed by atoms with Gasteiger partial charge in [-0.1, -0.05) is 0 Å². The standard InChI is InChI=1S/C9H15N3O2S/c1-11-3-5-12(6-4-11)8-9-10-2-7-15(9,13)14/h2,7H,3-6,8H2,1H3. The maximum atomic E-state index is 11.4. The monoisotopic (exact) mass is 229 g/mol. The number of rotatable bonds is 2. The van der Waals surface area contributed by atoms with Gasteiger partial charge in [-0.05, 0) is 7.05 Å². The Morgan fingerprint density at radius 2 is 2.00 bits per heavy atom. The van der Waals surface area contributed by atoms with Crippen LogP contribution in [0, 0.1) is 0 Å².